The van der Waals surface area contributed by atoms with E-state index in [2.05, 4.69) is 21.2 Å². The molecule has 0 aliphatic carbocycles. The van der Waals surface area contributed by atoms with Crippen LogP contribution in [0.25, 0.3) is 0 Å². The third-order valence-electron chi connectivity index (χ3n) is 3.04. The molecule has 2 aromatic rings. The maximum atomic E-state index is 14.2. The number of rotatable bonds is 6. The van der Waals surface area contributed by atoms with Gasteiger partial charge in [0.25, 0.3) is 0 Å². The zero-order valence-electron chi connectivity index (χ0n) is 11.6. The number of nitrogens with one attached hydrogen (secondary N) is 1. The second kappa shape index (κ2) is 7.92. The highest BCUT2D eigenvalue weighted by molar-refractivity contribution is 9.10. The molecule has 1 atom stereocenters. The summed E-state index contributed by atoms with van der Waals surface area (Å²) in [6, 6.07) is 11.6. The molecule has 21 heavy (non-hydrogen) atoms. The van der Waals surface area contributed by atoms with Gasteiger partial charge in [-0.25, -0.2) is 8.78 Å². The minimum Gasteiger partial charge on any atom is -0.309 e. The second-order valence-electron chi connectivity index (χ2n) is 4.52. The summed E-state index contributed by atoms with van der Waals surface area (Å²) in [6.45, 7) is 2.74. The number of halogens is 3. The van der Waals surface area contributed by atoms with Crippen molar-refractivity contribution in [2.75, 3.05) is 12.3 Å². The van der Waals surface area contributed by atoms with Crippen molar-refractivity contribution in [3.05, 3.63) is 64.1 Å². The largest absolute Gasteiger partial charge is 0.309 e. The van der Waals surface area contributed by atoms with Gasteiger partial charge in [-0.2, -0.15) is 0 Å². The molecule has 1 nitrogen and oxygen atoms in total. The number of hydrogen-bond donors (Lipinski definition) is 1. The molecule has 2 aromatic carbocycles. The molecule has 0 spiro atoms. The highest BCUT2D eigenvalue weighted by atomic mass is 79.9. The van der Waals surface area contributed by atoms with Crippen LogP contribution in [-0.4, -0.2) is 12.3 Å². The minimum atomic E-state index is -0.249. The summed E-state index contributed by atoms with van der Waals surface area (Å²) in [5, 5.41) is 3.29. The van der Waals surface area contributed by atoms with E-state index in [4.69, 9.17) is 0 Å². The zero-order chi connectivity index (χ0) is 15.2. The fourth-order valence-electron chi connectivity index (χ4n) is 2.01. The van der Waals surface area contributed by atoms with Crippen LogP contribution in [0.2, 0.25) is 0 Å². The van der Waals surface area contributed by atoms with Gasteiger partial charge in [-0.15, -0.1) is 11.8 Å². The van der Waals surface area contributed by atoms with E-state index in [0.717, 1.165) is 11.4 Å². The van der Waals surface area contributed by atoms with Crippen molar-refractivity contribution >= 4 is 27.7 Å². The van der Waals surface area contributed by atoms with Gasteiger partial charge in [0.15, 0.2) is 0 Å². The Labute approximate surface area is 136 Å². The fraction of sp³-hybridized carbons (Fsp3) is 0.250. The Morgan fingerprint density at radius 2 is 1.86 bits per heavy atom. The first-order valence-corrected chi connectivity index (χ1v) is 8.45. The van der Waals surface area contributed by atoms with E-state index < -0.39 is 0 Å². The quantitative estimate of drug-likeness (QED) is 0.702. The van der Waals surface area contributed by atoms with Gasteiger partial charge >= 0.3 is 0 Å². The predicted molar refractivity (Wildman–Crippen MR) is 87.6 cm³/mol. The van der Waals surface area contributed by atoms with Crippen molar-refractivity contribution in [1.82, 2.24) is 5.32 Å². The SMILES string of the molecule is CCNC(CSc1ccc(F)cc1)c1cccc(Br)c1F. The molecular weight excluding hydrogens is 356 g/mol. The van der Waals surface area contributed by atoms with Crippen LogP contribution in [-0.2, 0) is 0 Å². The van der Waals surface area contributed by atoms with Gasteiger partial charge in [0.1, 0.15) is 11.6 Å². The molecule has 112 valence electrons. The maximum absolute atomic E-state index is 14.2. The van der Waals surface area contributed by atoms with Crippen LogP contribution in [0, 0.1) is 11.6 Å². The second-order valence-corrected chi connectivity index (χ2v) is 6.47. The van der Waals surface area contributed by atoms with Gasteiger partial charge in [-0.3, -0.25) is 0 Å². The third kappa shape index (κ3) is 4.53. The van der Waals surface area contributed by atoms with Crippen LogP contribution < -0.4 is 5.32 Å². The first-order chi connectivity index (χ1) is 10.1. The summed E-state index contributed by atoms with van der Waals surface area (Å²) in [5.74, 6) is 0.191. The lowest BCUT2D eigenvalue weighted by Crippen LogP contribution is -2.24. The molecule has 0 amide bonds. The Bertz CT molecular complexity index is 589. The smallest absolute Gasteiger partial charge is 0.142 e. The Morgan fingerprint density at radius 3 is 2.52 bits per heavy atom. The molecule has 1 unspecified atom stereocenters. The Kier molecular flexibility index (Phi) is 6.21. The van der Waals surface area contributed by atoms with Crippen LogP contribution in [0.1, 0.15) is 18.5 Å². The van der Waals surface area contributed by atoms with Crippen LogP contribution >= 0.6 is 27.7 Å². The van der Waals surface area contributed by atoms with E-state index in [-0.39, 0.29) is 17.7 Å². The maximum Gasteiger partial charge on any atom is 0.142 e. The average molecular weight is 372 g/mol. The third-order valence-corrected chi connectivity index (χ3v) is 4.76. The highest BCUT2D eigenvalue weighted by Gasteiger charge is 2.16. The van der Waals surface area contributed by atoms with Gasteiger partial charge in [-0.05, 0) is 52.8 Å². The lowest BCUT2D eigenvalue weighted by molar-refractivity contribution is 0.542. The van der Waals surface area contributed by atoms with Gasteiger partial charge in [-0.1, -0.05) is 19.1 Å². The summed E-state index contributed by atoms with van der Waals surface area (Å²) in [5.41, 5.74) is 0.640. The van der Waals surface area contributed by atoms with Crippen molar-refractivity contribution in [3.63, 3.8) is 0 Å². The van der Waals surface area contributed by atoms with E-state index in [0.29, 0.717) is 15.8 Å². The van der Waals surface area contributed by atoms with Crippen molar-refractivity contribution in [2.24, 2.45) is 0 Å². The molecule has 5 heteroatoms. The van der Waals surface area contributed by atoms with Gasteiger partial charge < -0.3 is 5.32 Å². The van der Waals surface area contributed by atoms with E-state index in [9.17, 15) is 8.78 Å². The average Bonchev–Trinajstić information content (AvgIpc) is 2.48. The summed E-state index contributed by atoms with van der Waals surface area (Å²) >= 11 is 4.79. The fourth-order valence-corrected chi connectivity index (χ4v) is 3.37. The Hall–Kier alpha value is -0.910. The summed E-state index contributed by atoms with van der Waals surface area (Å²) in [6.07, 6.45) is 0. The van der Waals surface area contributed by atoms with E-state index in [1.807, 2.05) is 13.0 Å². The first-order valence-electron chi connectivity index (χ1n) is 6.67. The molecule has 0 saturated carbocycles. The topological polar surface area (TPSA) is 12.0 Å². The molecule has 2 rings (SSSR count). The monoisotopic (exact) mass is 371 g/mol. The summed E-state index contributed by atoms with van der Waals surface area (Å²) < 4.78 is 27.6. The van der Waals surface area contributed by atoms with Crippen molar-refractivity contribution < 1.29 is 8.78 Å². The lowest BCUT2D eigenvalue weighted by Gasteiger charge is -2.19. The Morgan fingerprint density at radius 1 is 1.14 bits per heavy atom. The van der Waals surface area contributed by atoms with Gasteiger partial charge in [0, 0.05) is 22.3 Å². The van der Waals surface area contributed by atoms with Crippen LogP contribution in [0.3, 0.4) is 0 Å². The van der Waals surface area contributed by atoms with Crippen molar-refractivity contribution in [3.8, 4) is 0 Å². The van der Waals surface area contributed by atoms with Gasteiger partial charge in [0.05, 0.1) is 4.47 Å². The molecule has 0 fully saturated rings. The zero-order valence-corrected chi connectivity index (χ0v) is 14.0. The van der Waals surface area contributed by atoms with E-state index in [1.54, 1.807) is 36.0 Å². The predicted octanol–water partition coefficient (Wildman–Crippen LogP) is 5.17. The van der Waals surface area contributed by atoms with Crippen molar-refractivity contribution in [2.45, 2.75) is 17.9 Å². The number of thioether (sulfide) groups is 1. The number of hydrogen-bond acceptors (Lipinski definition) is 2. The van der Waals surface area contributed by atoms with E-state index in [1.165, 1.54) is 12.1 Å². The molecule has 0 bridgehead atoms. The minimum absolute atomic E-state index is 0.0949. The Balaban J connectivity index is 2.12. The normalized spacial score (nSPS) is 12.4. The highest BCUT2D eigenvalue weighted by Crippen LogP contribution is 2.29. The molecule has 0 saturated heterocycles. The first kappa shape index (κ1) is 16.5. The van der Waals surface area contributed by atoms with Crippen LogP contribution in [0.15, 0.2) is 51.8 Å². The lowest BCUT2D eigenvalue weighted by atomic mass is 10.1. The molecule has 0 radical (unpaired) electrons. The van der Waals surface area contributed by atoms with Crippen LogP contribution in [0.5, 0.6) is 0 Å². The van der Waals surface area contributed by atoms with E-state index >= 15 is 0 Å². The molecule has 0 aliphatic heterocycles. The molecule has 1 N–H and O–H groups in total. The van der Waals surface area contributed by atoms with Crippen molar-refractivity contribution in [1.29, 1.82) is 0 Å². The summed E-state index contributed by atoms with van der Waals surface area (Å²) in [4.78, 5) is 0.967. The van der Waals surface area contributed by atoms with Crippen LogP contribution in [0.4, 0.5) is 8.78 Å². The molecule has 0 heterocycles. The molecule has 0 aliphatic rings. The number of benzene rings is 2. The van der Waals surface area contributed by atoms with Gasteiger partial charge in [0.2, 0.25) is 0 Å². The molecular formula is C16H16BrF2NS. The molecule has 0 aromatic heterocycles. The standard InChI is InChI=1S/C16H16BrF2NS/c1-2-20-15(13-4-3-5-14(17)16(13)19)10-21-12-8-6-11(18)7-9-12/h3-9,15,20H,2,10H2,1H3. The summed E-state index contributed by atoms with van der Waals surface area (Å²) in [7, 11) is 0.